The molecular weight excluding hydrogens is 222 g/mol. The van der Waals surface area contributed by atoms with Crippen LogP contribution in [0.1, 0.15) is 23.7 Å². The van der Waals surface area contributed by atoms with Crippen LogP contribution >= 0.6 is 0 Å². The number of carbonyl (C=O) groups excluding carboxylic acids is 3. The summed E-state index contributed by atoms with van der Waals surface area (Å²) >= 11 is 0. The summed E-state index contributed by atoms with van der Waals surface area (Å²) in [4.78, 5) is 39.3. The molecule has 2 rings (SSSR count). The van der Waals surface area contributed by atoms with E-state index in [0.717, 1.165) is 0 Å². The van der Waals surface area contributed by atoms with Gasteiger partial charge in [-0.05, 0) is 12.1 Å². The zero-order valence-electron chi connectivity index (χ0n) is 9.25. The number of hydrogen-bond donors (Lipinski definition) is 0. The third-order valence-electron chi connectivity index (χ3n) is 2.51. The van der Waals surface area contributed by atoms with Crippen molar-refractivity contribution >= 4 is 17.8 Å². The van der Waals surface area contributed by atoms with E-state index in [0.29, 0.717) is 10.6 Å². The van der Waals surface area contributed by atoms with E-state index < -0.39 is 23.7 Å². The first-order valence-electron chi connectivity index (χ1n) is 5.23. The van der Waals surface area contributed by atoms with E-state index in [1.165, 1.54) is 0 Å². The van der Waals surface area contributed by atoms with Crippen molar-refractivity contribution in [2.45, 2.75) is 13.3 Å². The number of hydrogen-bond acceptors (Lipinski definition) is 4. The lowest BCUT2D eigenvalue weighted by Gasteiger charge is -2.12. The van der Waals surface area contributed by atoms with E-state index >= 15 is 0 Å². The second-order valence-electron chi connectivity index (χ2n) is 3.88. The van der Waals surface area contributed by atoms with Crippen LogP contribution in [0.25, 0.3) is 0 Å². The van der Waals surface area contributed by atoms with Gasteiger partial charge in [-0.25, -0.2) is 4.79 Å². The Bertz CT molecular complexity index is 469. The first-order valence-corrected chi connectivity index (χ1v) is 5.23. The molecule has 0 spiro atoms. The van der Waals surface area contributed by atoms with Gasteiger partial charge in [-0.1, -0.05) is 25.1 Å². The molecule has 5 heteroatoms. The molecular formula is C12H11NO4. The summed E-state index contributed by atoms with van der Waals surface area (Å²) in [7, 11) is 0. The molecule has 0 aromatic heterocycles. The van der Waals surface area contributed by atoms with E-state index in [9.17, 15) is 14.4 Å². The Kier molecular flexibility index (Phi) is 2.91. The summed E-state index contributed by atoms with van der Waals surface area (Å²) in [6, 6.07) is 8.21. The van der Waals surface area contributed by atoms with Gasteiger partial charge in [0.1, 0.15) is 0 Å². The summed E-state index contributed by atoms with van der Waals surface area (Å²) in [5, 5.41) is 0.556. The Hall–Kier alpha value is -2.17. The quantitative estimate of drug-likeness (QED) is 0.719. The molecule has 1 aliphatic rings. The lowest BCUT2D eigenvalue weighted by atomic mass is 10.1. The third kappa shape index (κ3) is 2.18. The molecule has 1 saturated heterocycles. The summed E-state index contributed by atoms with van der Waals surface area (Å²) in [6.45, 7) is 1.62. The Labute approximate surface area is 97.9 Å². The number of imide groups is 1. The van der Waals surface area contributed by atoms with E-state index in [-0.39, 0.29) is 6.42 Å². The Morgan fingerprint density at radius 1 is 1.29 bits per heavy atom. The minimum atomic E-state index is -0.707. The monoisotopic (exact) mass is 233 g/mol. The van der Waals surface area contributed by atoms with Crippen molar-refractivity contribution in [1.29, 1.82) is 0 Å². The average Bonchev–Trinajstić information content (AvgIpc) is 2.57. The summed E-state index contributed by atoms with van der Waals surface area (Å²) in [5.74, 6) is -2.08. The lowest BCUT2D eigenvalue weighted by molar-refractivity contribution is -0.173. The van der Waals surface area contributed by atoms with Crippen LogP contribution in [0.4, 0.5) is 0 Å². The highest BCUT2D eigenvalue weighted by molar-refractivity contribution is 6.03. The van der Waals surface area contributed by atoms with Gasteiger partial charge in [-0.2, -0.15) is 0 Å². The van der Waals surface area contributed by atoms with Crippen LogP contribution in [-0.4, -0.2) is 22.8 Å². The number of hydroxylamine groups is 2. The van der Waals surface area contributed by atoms with Gasteiger partial charge in [-0.3, -0.25) is 9.59 Å². The Morgan fingerprint density at radius 3 is 2.47 bits per heavy atom. The highest BCUT2D eigenvalue weighted by Gasteiger charge is 2.39. The van der Waals surface area contributed by atoms with Crippen molar-refractivity contribution in [3.8, 4) is 0 Å². The molecule has 0 aliphatic carbocycles. The van der Waals surface area contributed by atoms with E-state index in [4.69, 9.17) is 4.84 Å². The summed E-state index contributed by atoms with van der Waals surface area (Å²) < 4.78 is 0. The third-order valence-corrected chi connectivity index (χ3v) is 2.51. The summed E-state index contributed by atoms with van der Waals surface area (Å²) in [5.41, 5.74) is 0.299. The molecule has 1 heterocycles. The second kappa shape index (κ2) is 4.37. The standard InChI is InChI=1S/C12H11NO4/c1-8-7-10(14)13(11(8)15)17-12(16)9-5-3-2-4-6-9/h2-6,8H,7H2,1H3. The molecule has 1 unspecified atom stereocenters. The predicted molar refractivity (Wildman–Crippen MR) is 57.5 cm³/mol. The fraction of sp³-hybridized carbons (Fsp3) is 0.250. The largest absolute Gasteiger partial charge is 0.363 e. The van der Waals surface area contributed by atoms with Gasteiger partial charge in [0.05, 0.1) is 5.56 Å². The van der Waals surface area contributed by atoms with Gasteiger partial charge in [0, 0.05) is 12.3 Å². The first kappa shape index (κ1) is 11.3. The molecule has 0 saturated carbocycles. The summed E-state index contributed by atoms with van der Waals surface area (Å²) in [6.07, 6.45) is 0.0842. The molecule has 1 aromatic carbocycles. The number of amides is 2. The van der Waals surface area contributed by atoms with E-state index in [1.807, 2.05) is 0 Å². The van der Waals surface area contributed by atoms with E-state index in [2.05, 4.69) is 0 Å². The number of carbonyl (C=O) groups is 3. The Morgan fingerprint density at radius 2 is 1.94 bits per heavy atom. The molecule has 5 nitrogen and oxygen atoms in total. The Balaban J connectivity index is 2.10. The molecule has 0 radical (unpaired) electrons. The zero-order chi connectivity index (χ0) is 12.4. The maximum atomic E-state index is 11.6. The molecule has 0 bridgehead atoms. The van der Waals surface area contributed by atoms with Gasteiger partial charge in [0.25, 0.3) is 11.8 Å². The van der Waals surface area contributed by atoms with Crippen molar-refractivity contribution in [2.75, 3.05) is 0 Å². The van der Waals surface area contributed by atoms with E-state index in [1.54, 1.807) is 37.3 Å². The van der Waals surface area contributed by atoms with Crippen molar-refractivity contribution in [1.82, 2.24) is 5.06 Å². The van der Waals surface area contributed by atoms with Crippen LogP contribution in [0.2, 0.25) is 0 Å². The molecule has 1 aromatic rings. The fourth-order valence-electron chi connectivity index (χ4n) is 1.56. The van der Waals surface area contributed by atoms with Gasteiger partial charge >= 0.3 is 5.97 Å². The molecule has 88 valence electrons. The van der Waals surface area contributed by atoms with Crippen molar-refractivity contribution < 1.29 is 19.2 Å². The number of nitrogens with zero attached hydrogens (tertiary/aromatic N) is 1. The normalized spacial score (nSPS) is 19.6. The topological polar surface area (TPSA) is 63.7 Å². The SMILES string of the molecule is CC1CC(=O)N(OC(=O)c2ccccc2)C1=O. The number of rotatable bonds is 2. The maximum Gasteiger partial charge on any atom is 0.363 e. The lowest BCUT2D eigenvalue weighted by Crippen LogP contribution is -2.33. The van der Waals surface area contributed by atoms with Crippen LogP contribution in [0, 0.1) is 5.92 Å². The van der Waals surface area contributed by atoms with Gasteiger partial charge < -0.3 is 4.84 Å². The molecule has 1 aliphatic heterocycles. The molecule has 0 N–H and O–H groups in total. The van der Waals surface area contributed by atoms with Crippen molar-refractivity contribution in [2.24, 2.45) is 5.92 Å². The first-order chi connectivity index (χ1) is 8.09. The highest BCUT2D eigenvalue weighted by atomic mass is 16.7. The molecule has 17 heavy (non-hydrogen) atoms. The van der Waals surface area contributed by atoms with Crippen molar-refractivity contribution in [3.63, 3.8) is 0 Å². The second-order valence-corrected chi connectivity index (χ2v) is 3.88. The van der Waals surface area contributed by atoms with Crippen LogP contribution in [0.15, 0.2) is 30.3 Å². The van der Waals surface area contributed by atoms with Crippen LogP contribution in [0.5, 0.6) is 0 Å². The van der Waals surface area contributed by atoms with Crippen LogP contribution in [0.3, 0.4) is 0 Å². The predicted octanol–water partition coefficient (Wildman–Crippen LogP) is 1.15. The minimum Gasteiger partial charge on any atom is -0.325 e. The molecule has 2 amide bonds. The molecule has 1 atom stereocenters. The van der Waals surface area contributed by atoms with Crippen LogP contribution in [-0.2, 0) is 14.4 Å². The zero-order valence-corrected chi connectivity index (χ0v) is 9.25. The smallest absolute Gasteiger partial charge is 0.325 e. The average molecular weight is 233 g/mol. The van der Waals surface area contributed by atoms with Gasteiger partial charge in [0.15, 0.2) is 0 Å². The maximum absolute atomic E-state index is 11.6. The highest BCUT2D eigenvalue weighted by Crippen LogP contribution is 2.19. The minimum absolute atomic E-state index is 0.0842. The van der Waals surface area contributed by atoms with Crippen LogP contribution < -0.4 is 0 Å². The van der Waals surface area contributed by atoms with Crippen molar-refractivity contribution in [3.05, 3.63) is 35.9 Å². The fourth-order valence-corrected chi connectivity index (χ4v) is 1.56. The number of benzene rings is 1. The van der Waals surface area contributed by atoms with Gasteiger partial charge in [0.2, 0.25) is 0 Å². The molecule has 1 fully saturated rings. The van der Waals surface area contributed by atoms with Gasteiger partial charge in [-0.15, -0.1) is 5.06 Å².